The van der Waals surface area contributed by atoms with Crippen molar-refractivity contribution in [2.75, 3.05) is 0 Å². The monoisotopic (exact) mass is 192 g/mol. The van der Waals surface area contributed by atoms with Gasteiger partial charge < -0.3 is 0 Å². The Hall–Kier alpha value is -0.330. The zero-order valence-corrected chi connectivity index (χ0v) is 8.87. The van der Waals surface area contributed by atoms with Crippen LogP contribution in [0, 0.1) is 23.7 Å². The van der Waals surface area contributed by atoms with Crippen LogP contribution in [-0.2, 0) is 4.79 Å². The standard InChI is InChI=1S/C13H20O/c14-13(6-4-9-1-2-9)12-8-10-3-5-11(12)7-10/h9-12H,1-8H2. The van der Waals surface area contributed by atoms with Crippen molar-refractivity contribution >= 4 is 5.78 Å². The summed E-state index contributed by atoms with van der Waals surface area (Å²) in [6, 6.07) is 0. The lowest BCUT2D eigenvalue weighted by Crippen LogP contribution is -2.20. The van der Waals surface area contributed by atoms with Gasteiger partial charge in [-0.1, -0.05) is 19.3 Å². The van der Waals surface area contributed by atoms with E-state index < -0.39 is 0 Å². The number of hydrogen-bond acceptors (Lipinski definition) is 1. The third-order valence-electron chi connectivity index (χ3n) is 4.65. The van der Waals surface area contributed by atoms with E-state index in [1.165, 1.54) is 44.9 Å². The molecule has 3 fully saturated rings. The minimum atomic E-state index is 0.493. The first-order chi connectivity index (χ1) is 6.83. The molecule has 3 unspecified atom stereocenters. The van der Waals surface area contributed by atoms with Crippen molar-refractivity contribution in [3.63, 3.8) is 0 Å². The Morgan fingerprint density at radius 1 is 1.07 bits per heavy atom. The average molecular weight is 192 g/mol. The third-order valence-corrected chi connectivity index (χ3v) is 4.65. The second kappa shape index (κ2) is 3.36. The molecule has 3 saturated carbocycles. The van der Waals surface area contributed by atoms with Crippen LogP contribution < -0.4 is 0 Å². The molecule has 0 aromatic rings. The summed E-state index contributed by atoms with van der Waals surface area (Å²) in [5, 5.41) is 0. The van der Waals surface area contributed by atoms with Crippen LogP contribution in [0.1, 0.15) is 51.4 Å². The lowest BCUT2D eigenvalue weighted by Gasteiger charge is -2.20. The Morgan fingerprint density at radius 3 is 2.50 bits per heavy atom. The van der Waals surface area contributed by atoms with Gasteiger partial charge in [-0.3, -0.25) is 4.79 Å². The third kappa shape index (κ3) is 1.62. The number of Topliss-reactive ketones (excluding diaryl/α,β-unsaturated/α-hetero) is 1. The van der Waals surface area contributed by atoms with Crippen molar-refractivity contribution in [3.8, 4) is 0 Å². The molecule has 78 valence electrons. The van der Waals surface area contributed by atoms with Crippen molar-refractivity contribution in [2.24, 2.45) is 23.7 Å². The van der Waals surface area contributed by atoms with Crippen molar-refractivity contribution < 1.29 is 4.79 Å². The second-order valence-electron chi connectivity index (χ2n) is 5.73. The maximum absolute atomic E-state index is 12.0. The Bertz CT molecular complexity index is 242. The van der Waals surface area contributed by atoms with E-state index in [-0.39, 0.29) is 0 Å². The number of hydrogen-bond donors (Lipinski definition) is 0. The predicted molar refractivity (Wildman–Crippen MR) is 55.9 cm³/mol. The summed E-state index contributed by atoms with van der Waals surface area (Å²) in [4.78, 5) is 12.0. The summed E-state index contributed by atoms with van der Waals surface area (Å²) in [7, 11) is 0. The van der Waals surface area contributed by atoms with Crippen molar-refractivity contribution in [2.45, 2.75) is 51.4 Å². The largest absolute Gasteiger partial charge is 0.299 e. The van der Waals surface area contributed by atoms with Gasteiger partial charge in [-0.2, -0.15) is 0 Å². The molecule has 0 radical (unpaired) electrons. The van der Waals surface area contributed by atoms with E-state index in [1.54, 1.807) is 0 Å². The van der Waals surface area contributed by atoms with Crippen LogP contribution in [-0.4, -0.2) is 5.78 Å². The Kier molecular flexibility index (Phi) is 2.14. The zero-order chi connectivity index (χ0) is 9.54. The number of carbonyl (C=O) groups excluding carboxylic acids is 1. The number of carbonyl (C=O) groups is 1. The van der Waals surface area contributed by atoms with Gasteiger partial charge in [0.2, 0.25) is 0 Å². The molecule has 0 aliphatic heterocycles. The van der Waals surface area contributed by atoms with Crippen LogP contribution in [0.5, 0.6) is 0 Å². The molecule has 3 rings (SSSR count). The average Bonchev–Trinajstić information content (AvgIpc) is 2.79. The van der Waals surface area contributed by atoms with Gasteiger partial charge in [-0.15, -0.1) is 0 Å². The quantitative estimate of drug-likeness (QED) is 0.668. The maximum Gasteiger partial charge on any atom is 0.136 e. The molecule has 3 aliphatic carbocycles. The molecule has 1 heteroatoms. The van der Waals surface area contributed by atoms with Crippen LogP contribution >= 0.6 is 0 Å². The highest BCUT2D eigenvalue weighted by Gasteiger charge is 2.42. The molecule has 0 aromatic carbocycles. The Balaban J connectivity index is 1.51. The van der Waals surface area contributed by atoms with Gasteiger partial charge in [-0.05, 0) is 43.4 Å². The Labute approximate surface area is 86.3 Å². The van der Waals surface area contributed by atoms with E-state index in [0.717, 1.165) is 24.2 Å². The van der Waals surface area contributed by atoms with Crippen LogP contribution in [0.15, 0.2) is 0 Å². The molecular weight excluding hydrogens is 172 g/mol. The SMILES string of the molecule is O=C(CCC1CC1)C1CC2CCC1C2. The molecule has 14 heavy (non-hydrogen) atoms. The first kappa shape index (κ1) is 8.94. The van der Waals surface area contributed by atoms with Gasteiger partial charge in [0, 0.05) is 12.3 Å². The fraction of sp³-hybridized carbons (Fsp3) is 0.923. The van der Waals surface area contributed by atoms with Crippen molar-refractivity contribution in [3.05, 3.63) is 0 Å². The molecule has 0 aromatic heterocycles. The molecule has 0 amide bonds. The molecule has 2 bridgehead atoms. The topological polar surface area (TPSA) is 17.1 Å². The lowest BCUT2D eigenvalue weighted by atomic mass is 9.84. The van der Waals surface area contributed by atoms with Crippen molar-refractivity contribution in [1.29, 1.82) is 0 Å². The molecule has 1 nitrogen and oxygen atoms in total. The smallest absolute Gasteiger partial charge is 0.136 e. The summed E-state index contributed by atoms with van der Waals surface area (Å²) in [6.07, 6.45) is 10.3. The van der Waals surface area contributed by atoms with E-state index in [9.17, 15) is 4.79 Å². The van der Waals surface area contributed by atoms with Crippen molar-refractivity contribution in [1.82, 2.24) is 0 Å². The van der Waals surface area contributed by atoms with Crippen LogP contribution in [0.3, 0.4) is 0 Å². The summed E-state index contributed by atoms with van der Waals surface area (Å²) < 4.78 is 0. The number of rotatable bonds is 4. The van der Waals surface area contributed by atoms with Gasteiger partial charge in [0.1, 0.15) is 5.78 Å². The maximum atomic E-state index is 12.0. The summed E-state index contributed by atoms with van der Waals surface area (Å²) >= 11 is 0. The van der Waals surface area contributed by atoms with Gasteiger partial charge in [-0.25, -0.2) is 0 Å². The molecule has 0 spiro atoms. The van der Waals surface area contributed by atoms with E-state index in [4.69, 9.17) is 0 Å². The summed E-state index contributed by atoms with van der Waals surface area (Å²) in [5.41, 5.74) is 0. The molecule has 0 heterocycles. The predicted octanol–water partition coefficient (Wildman–Crippen LogP) is 3.18. The van der Waals surface area contributed by atoms with Gasteiger partial charge >= 0.3 is 0 Å². The van der Waals surface area contributed by atoms with Crippen LogP contribution in [0.2, 0.25) is 0 Å². The van der Waals surface area contributed by atoms with Crippen LogP contribution in [0.25, 0.3) is 0 Å². The molecule has 3 atom stereocenters. The minimum Gasteiger partial charge on any atom is -0.299 e. The van der Waals surface area contributed by atoms with Gasteiger partial charge in [0.15, 0.2) is 0 Å². The molecule has 0 saturated heterocycles. The van der Waals surface area contributed by atoms with Gasteiger partial charge in [0.25, 0.3) is 0 Å². The highest BCUT2D eigenvalue weighted by molar-refractivity contribution is 5.81. The zero-order valence-electron chi connectivity index (χ0n) is 8.87. The first-order valence-electron chi connectivity index (χ1n) is 6.35. The number of fused-ring (bicyclic) bond motifs is 2. The second-order valence-corrected chi connectivity index (χ2v) is 5.73. The highest BCUT2D eigenvalue weighted by Crippen LogP contribution is 2.49. The van der Waals surface area contributed by atoms with Crippen LogP contribution in [0.4, 0.5) is 0 Å². The van der Waals surface area contributed by atoms with E-state index >= 15 is 0 Å². The summed E-state index contributed by atoms with van der Waals surface area (Å²) in [5.74, 6) is 3.76. The molecular formula is C13H20O. The van der Waals surface area contributed by atoms with E-state index in [1.807, 2.05) is 0 Å². The highest BCUT2D eigenvalue weighted by atomic mass is 16.1. The first-order valence-corrected chi connectivity index (χ1v) is 6.35. The number of ketones is 1. The fourth-order valence-electron chi connectivity index (χ4n) is 3.58. The van der Waals surface area contributed by atoms with E-state index in [2.05, 4.69) is 0 Å². The lowest BCUT2D eigenvalue weighted by molar-refractivity contribution is -0.124. The van der Waals surface area contributed by atoms with Gasteiger partial charge in [0.05, 0.1) is 0 Å². The fourth-order valence-corrected chi connectivity index (χ4v) is 3.58. The Morgan fingerprint density at radius 2 is 1.93 bits per heavy atom. The van der Waals surface area contributed by atoms with E-state index in [0.29, 0.717) is 11.7 Å². The minimum absolute atomic E-state index is 0.493. The molecule has 0 N–H and O–H groups in total. The summed E-state index contributed by atoms with van der Waals surface area (Å²) in [6.45, 7) is 0. The molecule has 3 aliphatic rings. The normalized spacial score (nSPS) is 40.4.